The second kappa shape index (κ2) is 3.84. The number of rotatable bonds is 1. The van der Waals surface area contributed by atoms with E-state index < -0.39 is 0 Å². The Morgan fingerprint density at radius 3 is 2.65 bits per heavy atom. The molecule has 1 amide bonds. The maximum atomic E-state index is 12.4. The number of aliphatic hydroxyl groups excluding tert-OH is 1. The van der Waals surface area contributed by atoms with Crippen LogP contribution in [0.25, 0.3) is 0 Å². The first kappa shape index (κ1) is 10.8. The molecule has 0 aliphatic carbocycles. The van der Waals surface area contributed by atoms with Crippen molar-refractivity contribution in [1.82, 2.24) is 10.1 Å². The molecule has 5 heteroatoms. The molecule has 2 fully saturated rings. The number of hydrogen-bond acceptors (Lipinski definition) is 4. The minimum Gasteiger partial charge on any atom is -0.393 e. The average molecular weight is 236 g/mol. The molecule has 2 aliphatic heterocycles. The molecular weight excluding hydrogens is 220 g/mol. The van der Waals surface area contributed by atoms with Crippen molar-refractivity contribution in [2.45, 2.75) is 50.8 Å². The highest BCUT2D eigenvalue weighted by molar-refractivity contribution is 5.93. The molecule has 5 nitrogen and oxygen atoms in total. The van der Waals surface area contributed by atoms with Crippen LogP contribution in [0.1, 0.15) is 41.8 Å². The lowest BCUT2D eigenvalue weighted by Gasteiger charge is -2.36. The normalized spacial score (nSPS) is 31.9. The van der Waals surface area contributed by atoms with Gasteiger partial charge in [-0.1, -0.05) is 5.16 Å². The van der Waals surface area contributed by atoms with E-state index >= 15 is 0 Å². The van der Waals surface area contributed by atoms with Crippen LogP contribution < -0.4 is 0 Å². The number of nitrogens with zero attached hydrogens (tertiary/aromatic N) is 2. The summed E-state index contributed by atoms with van der Waals surface area (Å²) in [6.45, 7) is 1.82. The molecule has 1 aromatic rings. The third-order valence-corrected chi connectivity index (χ3v) is 3.89. The van der Waals surface area contributed by atoms with Crippen molar-refractivity contribution in [2.75, 3.05) is 0 Å². The van der Waals surface area contributed by atoms with Gasteiger partial charge in [0.05, 0.1) is 12.3 Å². The van der Waals surface area contributed by atoms with Crippen LogP contribution >= 0.6 is 0 Å². The number of amides is 1. The first-order valence-electron chi connectivity index (χ1n) is 6.09. The third-order valence-electron chi connectivity index (χ3n) is 3.89. The molecule has 3 rings (SSSR count). The van der Waals surface area contributed by atoms with E-state index in [0.29, 0.717) is 18.6 Å². The van der Waals surface area contributed by atoms with Gasteiger partial charge in [-0.15, -0.1) is 0 Å². The molecule has 2 aliphatic rings. The highest BCUT2D eigenvalue weighted by atomic mass is 16.5. The van der Waals surface area contributed by atoms with E-state index in [2.05, 4.69) is 5.16 Å². The van der Waals surface area contributed by atoms with Crippen LogP contribution in [0.15, 0.2) is 10.7 Å². The Morgan fingerprint density at radius 1 is 1.47 bits per heavy atom. The summed E-state index contributed by atoms with van der Waals surface area (Å²) in [6.07, 6.45) is 4.66. The van der Waals surface area contributed by atoms with E-state index in [9.17, 15) is 9.90 Å². The van der Waals surface area contributed by atoms with Gasteiger partial charge >= 0.3 is 0 Å². The summed E-state index contributed by atoms with van der Waals surface area (Å²) < 4.78 is 5.03. The van der Waals surface area contributed by atoms with Crippen molar-refractivity contribution in [1.29, 1.82) is 0 Å². The van der Waals surface area contributed by atoms with E-state index in [4.69, 9.17) is 4.52 Å². The van der Waals surface area contributed by atoms with Gasteiger partial charge in [0.2, 0.25) is 5.76 Å². The standard InChI is InChI=1S/C12H16N2O3/c1-7-6-13-17-11(7)12(16)14-8-2-3-9(14)5-10(15)4-8/h6,8-10,15H,2-5H2,1H3. The van der Waals surface area contributed by atoms with Gasteiger partial charge < -0.3 is 14.5 Å². The maximum Gasteiger partial charge on any atom is 0.293 e. The Morgan fingerprint density at radius 2 is 2.12 bits per heavy atom. The fourth-order valence-electron chi connectivity index (χ4n) is 3.09. The molecule has 2 atom stereocenters. The van der Waals surface area contributed by atoms with Crippen LogP contribution in [0, 0.1) is 6.92 Å². The molecule has 17 heavy (non-hydrogen) atoms. The van der Waals surface area contributed by atoms with Crippen LogP contribution in [0.3, 0.4) is 0 Å². The molecule has 2 unspecified atom stereocenters. The summed E-state index contributed by atoms with van der Waals surface area (Å²) >= 11 is 0. The number of aliphatic hydroxyl groups is 1. The summed E-state index contributed by atoms with van der Waals surface area (Å²) in [5.41, 5.74) is 0.778. The molecule has 92 valence electrons. The summed E-state index contributed by atoms with van der Waals surface area (Å²) in [6, 6.07) is 0.335. The highest BCUT2D eigenvalue weighted by Gasteiger charge is 2.44. The number of piperidine rings is 1. The lowest BCUT2D eigenvalue weighted by atomic mass is 9.99. The summed E-state index contributed by atoms with van der Waals surface area (Å²) in [5.74, 6) is 0.276. The number of hydrogen-bond donors (Lipinski definition) is 1. The fourth-order valence-corrected chi connectivity index (χ4v) is 3.09. The fraction of sp³-hybridized carbons (Fsp3) is 0.667. The Hall–Kier alpha value is -1.36. The predicted molar refractivity (Wildman–Crippen MR) is 59.5 cm³/mol. The topological polar surface area (TPSA) is 66.6 Å². The number of aryl methyl sites for hydroxylation is 1. The molecule has 0 spiro atoms. The largest absolute Gasteiger partial charge is 0.393 e. The van der Waals surface area contributed by atoms with Gasteiger partial charge in [-0.05, 0) is 32.6 Å². The number of fused-ring (bicyclic) bond motifs is 2. The van der Waals surface area contributed by atoms with Crippen molar-refractivity contribution >= 4 is 5.91 Å². The first-order chi connectivity index (χ1) is 8.16. The van der Waals surface area contributed by atoms with Gasteiger partial charge in [0.15, 0.2) is 0 Å². The van der Waals surface area contributed by atoms with Crippen molar-refractivity contribution in [3.8, 4) is 0 Å². The van der Waals surface area contributed by atoms with E-state index in [1.165, 1.54) is 0 Å². The molecule has 0 radical (unpaired) electrons. The van der Waals surface area contributed by atoms with E-state index in [-0.39, 0.29) is 24.1 Å². The number of carbonyl (C=O) groups excluding carboxylic acids is 1. The molecule has 3 heterocycles. The van der Waals surface area contributed by atoms with Crippen LogP contribution in [0.5, 0.6) is 0 Å². The quantitative estimate of drug-likeness (QED) is 0.793. The zero-order valence-corrected chi connectivity index (χ0v) is 9.80. The van der Waals surface area contributed by atoms with Gasteiger partial charge in [0, 0.05) is 17.6 Å². The van der Waals surface area contributed by atoms with Gasteiger partial charge in [-0.2, -0.15) is 0 Å². The van der Waals surface area contributed by atoms with Crippen LogP contribution in [0.2, 0.25) is 0 Å². The summed E-state index contributed by atoms with van der Waals surface area (Å²) in [7, 11) is 0. The number of carbonyl (C=O) groups is 1. The highest BCUT2D eigenvalue weighted by Crippen LogP contribution is 2.36. The molecule has 2 saturated heterocycles. The summed E-state index contributed by atoms with van der Waals surface area (Å²) in [4.78, 5) is 14.2. The van der Waals surface area contributed by atoms with Gasteiger partial charge in [0.25, 0.3) is 5.91 Å². The van der Waals surface area contributed by atoms with Gasteiger partial charge in [0.1, 0.15) is 0 Å². The van der Waals surface area contributed by atoms with Crippen molar-refractivity contribution in [2.24, 2.45) is 0 Å². The summed E-state index contributed by atoms with van der Waals surface area (Å²) in [5, 5.41) is 13.4. The zero-order chi connectivity index (χ0) is 12.0. The zero-order valence-electron chi connectivity index (χ0n) is 9.80. The minimum absolute atomic E-state index is 0.0700. The molecule has 2 bridgehead atoms. The van der Waals surface area contributed by atoms with Crippen molar-refractivity contribution in [3.63, 3.8) is 0 Å². The second-order valence-corrected chi connectivity index (χ2v) is 5.06. The Bertz CT molecular complexity index is 429. The Labute approximate surface area is 99.4 Å². The predicted octanol–water partition coefficient (Wildman–Crippen LogP) is 1.11. The molecule has 0 saturated carbocycles. The average Bonchev–Trinajstić information content (AvgIpc) is 2.81. The molecule has 1 aromatic heterocycles. The van der Waals surface area contributed by atoms with E-state index in [1.807, 2.05) is 11.8 Å². The molecule has 0 aromatic carbocycles. The lowest BCUT2D eigenvalue weighted by Crippen LogP contribution is -2.48. The molecular formula is C12H16N2O3. The molecule has 1 N–H and O–H groups in total. The van der Waals surface area contributed by atoms with Crippen molar-refractivity contribution in [3.05, 3.63) is 17.5 Å². The van der Waals surface area contributed by atoms with E-state index in [1.54, 1.807) is 6.20 Å². The Kier molecular flexibility index (Phi) is 2.43. The smallest absolute Gasteiger partial charge is 0.293 e. The first-order valence-corrected chi connectivity index (χ1v) is 6.09. The SMILES string of the molecule is Cc1cnoc1C(=O)N1C2CCC1CC(O)C2. The van der Waals surface area contributed by atoms with Crippen LogP contribution in [0.4, 0.5) is 0 Å². The third kappa shape index (κ3) is 1.65. The lowest BCUT2D eigenvalue weighted by molar-refractivity contribution is 0.0258. The monoisotopic (exact) mass is 236 g/mol. The van der Waals surface area contributed by atoms with Gasteiger partial charge in [-0.3, -0.25) is 4.79 Å². The maximum absolute atomic E-state index is 12.4. The minimum atomic E-state index is -0.257. The number of aromatic nitrogens is 1. The van der Waals surface area contributed by atoms with E-state index in [0.717, 1.165) is 18.4 Å². The second-order valence-electron chi connectivity index (χ2n) is 5.06. The van der Waals surface area contributed by atoms with Gasteiger partial charge in [-0.25, -0.2) is 0 Å². The van der Waals surface area contributed by atoms with Crippen LogP contribution in [-0.4, -0.2) is 39.3 Å². The van der Waals surface area contributed by atoms with Crippen LogP contribution in [-0.2, 0) is 0 Å². The Balaban J connectivity index is 1.86. The van der Waals surface area contributed by atoms with Crippen molar-refractivity contribution < 1.29 is 14.4 Å².